The van der Waals surface area contributed by atoms with Crippen LogP contribution in [0.4, 0.5) is 43.9 Å². The van der Waals surface area contributed by atoms with Crippen molar-refractivity contribution in [2.45, 2.75) is 103 Å². The monoisotopic (exact) mass is 574 g/mol. The number of benzene rings is 2. The summed E-state index contributed by atoms with van der Waals surface area (Å²) in [5.41, 5.74) is -2.72. The Morgan fingerprint density at radius 1 is 0.385 bits per heavy atom. The molecule has 2 atom stereocenters. The van der Waals surface area contributed by atoms with Crippen molar-refractivity contribution >= 4 is 0 Å². The molecule has 0 spiro atoms. The fourth-order valence-electron chi connectivity index (χ4n) is 4.43. The highest BCUT2D eigenvalue weighted by atomic mass is 19.2. The summed E-state index contributed by atoms with van der Waals surface area (Å²) in [5.74, 6) is -22.5. The minimum absolute atomic E-state index is 0.171. The van der Waals surface area contributed by atoms with Gasteiger partial charge in [-0.15, -0.1) is 0 Å². The highest BCUT2D eigenvalue weighted by molar-refractivity contribution is 5.28. The van der Waals surface area contributed by atoms with E-state index in [-0.39, 0.29) is 25.7 Å². The van der Waals surface area contributed by atoms with Crippen LogP contribution in [0.25, 0.3) is 0 Å². The van der Waals surface area contributed by atoms with Crippen LogP contribution in [0.5, 0.6) is 0 Å². The van der Waals surface area contributed by atoms with Crippen molar-refractivity contribution in [2.75, 3.05) is 0 Å². The Hall–Kier alpha value is -2.30. The van der Waals surface area contributed by atoms with Gasteiger partial charge < -0.3 is 4.74 Å². The second-order valence-electron chi connectivity index (χ2n) is 9.49. The van der Waals surface area contributed by atoms with Gasteiger partial charge in [0.25, 0.3) is 0 Å². The summed E-state index contributed by atoms with van der Waals surface area (Å²) in [7, 11) is 0. The van der Waals surface area contributed by atoms with Crippen LogP contribution >= 0.6 is 0 Å². The van der Waals surface area contributed by atoms with Crippen molar-refractivity contribution in [3.8, 4) is 0 Å². The average Bonchev–Trinajstić information content (AvgIpc) is 2.92. The van der Waals surface area contributed by atoms with E-state index in [9.17, 15) is 43.9 Å². The molecule has 0 fully saturated rings. The van der Waals surface area contributed by atoms with Gasteiger partial charge in [-0.25, -0.2) is 43.9 Å². The molecule has 39 heavy (non-hydrogen) atoms. The molecular formula is C28H32F10O. The highest BCUT2D eigenvalue weighted by Gasteiger charge is 2.36. The van der Waals surface area contributed by atoms with Gasteiger partial charge in [0, 0.05) is 0 Å². The Bertz CT molecular complexity index is 961. The Morgan fingerprint density at radius 2 is 0.641 bits per heavy atom. The molecule has 220 valence electrons. The molecule has 0 N–H and O–H groups in total. The predicted octanol–water partition coefficient (Wildman–Crippen LogP) is 10.6. The van der Waals surface area contributed by atoms with E-state index in [1.165, 1.54) is 0 Å². The van der Waals surface area contributed by atoms with Crippen molar-refractivity contribution in [3.63, 3.8) is 0 Å². The first-order valence-corrected chi connectivity index (χ1v) is 13.2. The lowest BCUT2D eigenvalue weighted by Crippen LogP contribution is -2.20. The maximum absolute atomic E-state index is 14.7. The first-order valence-electron chi connectivity index (χ1n) is 13.2. The Morgan fingerprint density at radius 3 is 0.923 bits per heavy atom. The van der Waals surface area contributed by atoms with E-state index in [4.69, 9.17) is 4.74 Å². The Balaban J connectivity index is 2.58. The zero-order valence-corrected chi connectivity index (χ0v) is 21.8. The van der Waals surface area contributed by atoms with Crippen LogP contribution in [0.1, 0.15) is 114 Å². The summed E-state index contributed by atoms with van der Waals surface area (Å²) in [5, 5.41) is 0. The maximum Gasteiger partial charge on any atom is 0.200 e. The summed E-state index contributed by atoms with van der Waals surface area (Å²) in [6, 6.07) is 0. The van der Waals surface area contributed by atoms with Crippen LogP contribution in [0.3, 0.4) is 0 Å². The molecule has 0 saturated carbocycles. The van der Waals surface area contributed by atoms with E-state index in [1.807, 2.05) is 13.8 Å². The van der Waals surface area contributed by atoms with E-state index in [2.05, 4.69) is 0 Å². The summed E-state index contributed by atoms with van der Waals surface area (Å²) >= 11 is 0. The van der Waals surface area contributed by atoms with Gasteiger partial charge in [-0.05, 0) is 12.8 Å². The van der Waals surface area contributed by atoms with Gasteiger partial charge in [0.2, 0.25) is 11.6 Å². The van der Waals surface area contributed by atoms with Crippen molar-refractivity contribution in [2.24, 2.45) is 0 Å². The van der Waals surface area contributed by atoms with E-state index in [0.717, 1.165) is 25.7 Å². The third kappa shape index (κ3) is 7.89. The molecule has 0 bridgehead atoms. The van der Waals surface area contributed by atoms with Crippen LogP contribution in [0.15, 0.2) is 0 Å². The SMILES string of the molecule is CCCCCCCC(OC(CCCCCCC)c1c(F)c(F)c(F)c(F)c1F)c1c(F)c(F)c(F)c(F)c1F. The van der Waals surface area contributed by atoms with Gasteiger partial charge in [0.15, 0.2) is 46.5 Å². The van der Waals surface area contributed by atoms with Crippen LogP contribution in [0.2, 0.25) is 0 Å². The van der Waals surface area contributed by atoms with E-state index < -0.39 is 81.5 Å². The number of ether oxygens (including phenoxy) is 1. The third-order valence-electron chi connectivity index (χ3n) is 6.60. The fourth-order valence-corrected chi connectivity index (χ4v) is 4.43. The molecule has 0 aliphatic rings. The van der Waals surface area contributed by atoms with E-state index in [0.29, 0.717) is 25.7 Å². The molecule has 2 aromatic rings. The first-order chi connectivity index (χ1) is 18.5. The van der Waals surface area contributed by atoms with Crippen LogP contribution < -0.4 is 0 Å². The minimum atomic E-state index is -2.40. The summed E-state index contributed by atoms with van der Waals surface area (Å²) < 4.78 is 148. The average molecular weight is 575 g/mol. The molecule has 0 saturated heterocycles. The fraction of sp³-hybridized carbons (Fsp3) is 0.571. The quantitative estimate of drug-likeness (QED) is 0.0839. The Kier molecular flexibility index (Phi) is 13.1. The summed E-state index contributed by atoms with van der Waals surface area (Å²) in [6.45, 7) is 3.85. The van der Waals surface area contributed by atoms with Crippen molar-refractivity contribution in [3.05, 3.63) is 69.3 Å². The van der Waals surface area contributed by atoms with Gasteiger partial charge in [-0.1, -0.05) is 78.1 Å². The number of unbranched alkanes of at least 4 members (excludes halogenated alkanes) is 8. The number of rotatable bonds is 16. The van der Waals surface area contributed by atoms with Crippen LogP contribution in [0, 0.1) is 58.2 Å². The zero-order valence-electron chi connectivity index (χ0n) is 21.8. The van der Waals surface area contributed by atoms with E-state index in [1.54, 1.807) is 0 Å². The number of hydrogen-bond acceptors (Lipinski definition) is 1. The standard InChI is InChI=1S/C28H32F10O/c1-3-5-7-9-11-13-15(17-19(29)23(33)27(37)24(34)20(17)30)39-16(14-12-10-8-6-4-2)18-21(31)25(35)28(38)26(36)22(18)32/h15-16H,3-14H2,1-2H3. The molecule has 2 unspecified atom stereocenters. The molecule has 0 radical (unpaired) electrons. The second kappa shape index (κ2) is 15.5. The minimum Gasteiger partial charge on any atom is -0.365 e. The first kappa shape index (κ1) is 32.9. The zero-order chi connectivity index (χ0) is 29.3. The van der Waals surface area contributed by atoms with Crippen LogP contribution in [-0.2, 0) is 4.74 Å². The largest absolute Gasteiger partial charge is 0.365 e. The predicted molar refractivity (Wildman–Crippen MR) is 126 cm³/mol. The molecule has 0 aromatic heterocycles. The van der Waals surface area contributed by atoms with Crippen molar-refractivity contribution in [1.29, 1.82) is 0 Å². The topological polar surface area (TPSA) is 9.23 Å². The van der Waals surface area contributed by atoms with Gasteiger partial charge in [-0.3, -0.25) is 0 Å². The lowest BCUT2D eigenvalue weighted by atomic mass is 9.97. The second-order valence-corrected chi connectivity index (χ2v) is 9.49. The lowest BCUT2D eigenvalue weighted by molar-refractivity contribution is -0.0345. The summed E-state index contributed by atoms with van der Waals surface area (Å²) in [6.07, 6.45) is 1.45. The molecular weight excluding hydrogens is 542 g/mol. The third-order valence-corrected chi connectivity index (χ3v) is 6.60. The highest BCUT2D eigenvalue weighted by Crippen LogP contribution is 2.40. The molecule has 2 aromatic carbocycles. The Labute approximate surface area is 221 Å². The molecule has 0 aliphatic carbocycles. The lowest BCUT2D eigenvalue weighted by Gasteiger charge is -2.27. The molecule has 0 heterocycles. The molecule has 0 amide bonds. The summed E-state index contributed by atoms with van der Waals surface area (Å²) in [4.78, 5) is 0. The molecule has 0 aliphatic heterocycles. The smallest absolute Gasteiger partial charge is 0.200 e. The van der Waals surface area contributed by atoms with Gasteiger partial charge in [-0.2, -0.15) is 0 Å². The maximum atomic E-state index is 14.7. The number of halogens is 10. The van der Waals surface area contributed by atoms with Crippen LogP contribution in [-0.4, -0.2) is 0 Å². The molecule has 11 heteroatoms. The van der Waals surface area contributed by atoms with Gasteiger partial charge >= 0.3 is 0 Å². The van der Waals surface area contributed by atoms with Gasteiger partial charge in [0.05, 0.1) is 23.3 Å². The van der Waals surface area contributed by atoms with E-state index >= 15 is 0 Å². The normalized spacial score (nSPS) is 13.2. The number of hydrogen-bond donors (Lipinski definition) is 0. The van der Waals surface area contributed by atoms with Crippen molar-refractivity contribution in [1.82, 2.24) is 0 Å². The molecule has 2 rings (SSSR count). The van der Waals surface area contributed by atoms with Gasteiger partial charge in [0.1, 0.15) is 0 Å². The van der Waals surface area contributed by atoms with Crippen molar-refractivity contribution < 1.29 is 48.6 Å². The molecule has 1 nitrogen and oxygen atoms in total.